The molecule has 0 aliphatic heterocycles. The van der Waals surface area contributed by atoms with Gasteiger partial charge in [0.1, 0.15) is 12.2 Å². The van der Waals surface area contributed by atoms with Crippen LogP contribution in [0.25, 0.3) is 0 Å². The molecule has 0 aromatic heterocycles. The summed E-state index contributed by atoms with van der Waals surface area (Å²) in [7, 11) is 0. The van der Waals surface area contributed by atoms with E-state index in [0.717, 1.165) is 51.4 Å². The van der Waals surface area contributed by atoms with E-state index < -0.39 is 23.9 Å². The predicted octanol–water partition coefficient (Wildman–Crippen LogP) is 4.50. The van der Waals surface area contributed by atoms with Crippen molar-refractivity contribution in [1.29, 1.82) is 0 Å². The molecule has 8 heteroatoms. The zero-order valence-electron chi connectivity index (χ0n) is 20.8. The molecule has 0 spiro atoms. The van der Waals surface area contributed by atoms with Gasteiger partial charge in [0.05, 0.1) is 25.7 Å². The van der Waals surface area contributed by atoms with Gasteiger partial charge in [-0.1, -0.05) is 25.5 Å². The van der Waals surface area contributed by atoms with Crippen LogP contribution in [0.4, 0.5) is 0 Å². The Hall–Kier alpha value is -2.38. The third kappa shape index (κ3) is 5.12. The highest BCUT2D eigenvalue weighted by atomic mass is 16.5. The molecule has 0 heterocycles. The molecule has 0 saturated heterocycles. The minimum absolute atomic E-state index is 0.0708. The Labute approximate surface area is 206 Å². The van der Waals surface area contributed by atoms with E-state index in [2.05, 4.69) is 19.9 Å². The molecule has 0 aromatic rings. The average Bonchev–Trinajstić information content (AvgIpc) is 3.12. The van der Waals surface area contributed by atoms with E-state index >= 15 is 0 Å². The van der Waals surface area contributed by atoms with Gasteiger partial charge in [-0.15, -0.1) is 0 Å². The molecule has 35 heavy (non-hydrogen) atoms. The lowest BCUT2D eigenvalue weighted by Crippen LogP contribution is -2.51. The van der Waals surface area contributed by atoms with Crippen LogP contribution in [0, 0.1) is 28.6 Å². The summed E-state index contributed by atoms with van der Waals surface area (Å²) in [6, 6.07) is 0. The zero-order valence-corrected chi connectivity index (χ0v) is 20.8. The summed E-state index contributed by atoms with van der Waals surface area (Å²) in [4.78, 5) is 45.8. The van der Waals surface area contributed by atoms with E-state index in [4.69, 9.17) is 19.7 Å². The minimum atomic E-state index is -0.993. The van der Waals surface area contributed by atoms with Crippen LogP contribution in [0.5, 0.6) is 0 Å². The molecule has 194 valence electrons. The Morgan fingerprint density at radius 3 is 2.17 bits per heavy atom. The van der Waals surface area contributed by atoms with Gasteiger partial charge in [-0.05, 0) is 68.1 Å². The van der Waals surface area contributed by atoms with Crippen molar-refractivity contribution < 1.29 is 38.9 Å². The van der Waals surface area contributed by atoms with Crippen LogP contribution in [0.1, 0.15) is 90.9 Å². The van der Waals surface area contributed by atoms with Gasteiger partial charge in [-0.3, -0.25) is 19.2 Å². The summed E-state index contributed by atoms with van der Waals surface area (Å²) >= 11 is 0. The van der Waals surface area contributed by atoms with Gasteiger partial charge in [0.25, 0.3) is 0 Å². The molecule has 4 aliphatic carbocycles. The number of carbonyl (C=O) groups is 4. The fraction of sp³-hybridized carbons (Fsp3) is 0.778. The van der Waals surface area contributed by atoms with Crippen molar-refractivity contribution in [2.24, 2.45) is 28.6 Å². The van der Waals surface area contributed by atoms with Crippen LogP contribution >= 0.6 is 0 Å². The Bertz CT molecular complexity index is 909. The number of carbonyl (C=O) groups excluding carboxylic acids is 2. The topological polar surface area (TPSA) is 127 Å². The highest BCUT2D eigenvalue weighted by molar-refractivity contribution is 5.77. The van der Waals surface area contributed by atoms with E-state index in [1.54, 1.807) is 0 Å². The van der Waals surface area contributed by atoms with Crippen LogP contribution in [0.2, 0.25) is 0 Å². The average molecular weight is 491 g/mol. The first-order valence-electron chi connectivity index (χ1n) is 13.0. The Balaban J connectivity index is 1.40. The lowest BCUT2D eigenvalue weighted by Gasteiger charge is -2.57. The normalized spacial score (nSPS) is 37.8. The van der Waals surface area contributed by atoms with Crippen molar-refractivity contribution in [3.05, 3.63) is 11.6 Å². The van der Waals surface area contributed by atoms with E-state index in [0.29, 0.717) is 17.8 Å². The molecule has 3 fully saturated rings. The van der Waals surface area contributed by atoms with Gasteiger partial charge < -0.3 is 19.7 Å². The second-order valence-electron chi connectivity index (χ2n) is 11.5. The number of hydrogen-bond donors (Lipinski definition) is 2. The molecule has 4 rings (SSSR count). The predicted molar refractivity (Wildman–Crippen MR) is 125 cm³/mol. The van der Waals surface area contributed by atoms with Crippen molar-refractivity contribution >= 4 is 23.9 Å². The molecule has 3 saturated carbocycles. The molecule has 4 aliphatic rings. The summed E-state index contributed by atoms with van der Waals surface area (Å²) in [6.45, 7) is 4.62. The Kier molecular flexibility index (Phi) is 7.30. The van der Waals surface area contributed by atoms with Crippen LogP contribution in [0.15, 0.2) is 11.6 Å². The van der Waals surface area contributed by atoms with Gasteiger partial charge in [0, 0.05) is 11.8 Å². The van der Waals surface area contributed by atoms with Crippen molar-refractivity contribution in [3.63, 3.8) is 0 Å². The molecule has 0 unspecified atom stereocenters. The standard InChI is InChI=1S/C27H38O8/c1-26-13-11-17(34-24(32)9-7-22(28)29)15-16(26)3-4-18-19-5-6-21(27(19,2)14-12-20(18)26)35-25(33)10-8-23(30)31/h3,17-21H,4-15H2,1-2H3,(H,28,29)(H,30,31)/t17-,18-,19-,20-,21-,26-,27-/m0/s1. The second-order valence-corrected chi connectivity index (χ2v) is 11.5. The molecule has 0 aromatic carbocycles. The first-order chi connectivity index (χ1) is 16.5. The van der Waals surface area contributed by atoms with Crippen molar-refractivity contribution in [3.8, 4) is 0 Å². The summed E-state index contributed by atoms with van der Waals surface area (Å²) in [5.41, 5.74) is 1.38. The van der Waals surface area contributed by atoms with E-state index in [1.165, 1.54) is 5.57 Å². The number of aliphatic carboxylic acids is 2. The van der Waals surface area contributed by atoms with Crippen molar-refractivity contribution in [2.45, 2.75) is 103 Å². The lowest BCUT2D eigenvalue weighted by molar-refractivity contribution is -0.161. The summed E-state index contributed by atoms with van der Waals surface area (Å²) < 4.78 is 11.4. The summed E-state index contributed by atoms with van der Waals surface area (Å²) in [6.07, 6.45) is 8.85. The number of hydrogen-bond acceptors (Lipinski definition) is 6. The first-order valence-corrected chi connectivity index (χ1v) is 13.0. The maximum absolute atomic E-state index is 12.3. The van der Waals surface area contributed by atoms with Crippen LogP contribution in [0.3, 0.4) is 0 Å². The van der Waals surface area contributed by atoms with Gasteiger partial charge in [-0.2, -0.15) is 0 Å². The number of rotatable bonds is 8. The largest absolute Gasteiger partial charge is 0.481 e. The Morgan fingerprint density at radius 2 is 1.51 bits per heavy atom. The highest BCUT2D eigenvalue weighted by Gasteiger charge is 2.59. The van der Waals surface area contributed by atoms with Gasteiger partial charge >= 0.3 is 23.9 Å². The molecule has 0 radical (unpaired) electrons. The molecule has 7 atom stereocenters. The monoisotopic (exact) mass is 490 g/mol. The number of esters is 2. The molecule has 0 amide bonds. The number of ether oxygens (including phenoxy) is 2. The SMILES string of the molecule is C[C@]12CC[C@H]3[C@@H](CC=C4C[C@@H](OC(=O)CCC(=O)O)CC[C@@]43C)[C@@H]1CC[C@@H]2OC(=O)CCC(=O)O. The van der Waals surface area contributed by atoms with Crippen LogP contribution < -0.4 is 0 Å². The smallest absolute Gasteiger partial charge is 0.306 e. The number of fused-ring (bicyclic) bond motifs is 5. The maximum Gasteiger partial charge on any atom is 0.306 e. The first kappa shape index (κ1) is 25.7. The zero-order chi connectivity index (χ0) is 25.4. The third-order valence-electron chi connectivity index (χ3n) is 9.63. The number of allylic oxidation sites excluding steroid dienone is 1. The van der Waals surface area contributed by atoms with E-state index in [9.17, 15) is 19.2 Å². The van der Waals surface area contributed by atoms with Gasteiger partial charge in [0.2, 0.25) is 0 Å². The van der Waals surface area contributed by atoms with Crippen LogP contribution in [-0.4, -0.2) is 46.3 Å². The van der Waals surface area contributed by atoms with E-state index in [-0.39, 0.29) is 48.7 Å². The summed E-state index contributed by atoms with van der Waals surface area (Å²) in [5, 5.41) is 17.6. The quantitative estimate of drug-likeness (QED) is 0.376. The number of carboxylic acids is 2. The third-order valence-corrected chi connectivity index (χ3v) is 9.63. The lowest BCUT2D eigenvalue weighted by atomic mass is 9.48. The molecule has 2 N–H and O–H groups in total. The molecular weight excluding hydrogens is 452 g/mol. The molecule has 8 nitrogen and oxygen atoms in total. The molecular formula is C27H38O8. The fourth-order valence-electron chi connectivity index (χ4n) is 7.75. The van der Waals surface area contributed by atoms with E-state index in [1.807, 2.05) is 0 Å². The summed E-state index contributed by atoms with van der Waals surface area (Å²) in [5.74, 6) is -1.27. The maximum atomic E-state index is 12.3. The fourth-order valence-corrected chi connectivity index (χ4v) is 7.75. The second kappa shape index (κ2) is 9.94. The van der Waals surface area contributed by atoms with Crippen molar-refractivity contribution in [2.75, 3.05) is 0 Å². The van der Waals surface area contributed by atoms with Crippen LogP contribution in [-0.2, 0) is 28.7 Å². The minimum Gasteiger partial charge on any atom is -0.481 e. The van der Waals surface area contributed by atoms with Gasteiger partial charge in [0.15, 0.2) is 0 Å². The molecule has 0 bridgehead atoms. The number of carboxylic acid groups (broad SMARTS) is 2. The van der Waals surface area contributed by atoms with Crippen molar-refractivity contribution in [1.82, 2.24) is 0 Å². The Morgan fingerprint density at radius 1 is 0.857 bits per heavy atom. The highest BCUT2D eigenvalue weighted by Crippen LogP contribution is 2.65. The van der Waals surface area contributed by atoms with Gasteiger partial charge in [-0.25, -0.2) is 0 Å².